The van der Waals surface area contributed by atoms with E-state index in [9.17, 15) is 4.79 Å². The molecule has 1 aliphatic rings. The Bertz CT molecular complexity index is 592. The first-order valence-electron chi connectivity index (χ1n) is 7.73. The normalized spacial score (nSPS) is 16.4. The maximum absolute atomic E-state index is 13.0. The number of hydrogen-bond acceptors (Lipinski definition) is 4. The van der Waals surface area contributed by atoms with Gasteiger partial charge < -0.3 is 15.4 Å². The van der Waals surface area contributed by atoms with Crippen LogP contribution in [0.3, 0.4) is 0 Å². The Labute approximate surface area is 137 Å². The van der Waals surface area contributed by atoms with Crippen molar-refractivity contribution < 1.29 is 14.9 Å². The van der Waals surface area contributed by atoms with E-state index in [0.717, 1.165) is 25.9 Å². The second kappa shape index (κ2) is 7.78. The topological polar surface area (TPSA) is 84.4 Å². The van der Waals surface area contributed by atoms with E-state index in [-0.39, 0.29) is 11.9 Å². The second-order valence-corrected chi connectivity index (χ2v) is 5.73. The summed E-state index contributed by atoms with van der Waals surface area (Å²) in [6, 6.07) is 7.17. The number of carbonyl (C=O) groups excluding carboxylic acids is 1. The molecule has 1 saturated heterocycles. The van der Waals surface area contributed by atoms with Gasteiger partial charge in [-0.15, -0.1) is 0 Å². The Balaban J connectivity index is 2.28. The molecule has 23 heavy (non-hydrogen) atoms. The van der Waals surface area contributed by atoms with Gasteiger partial charge in [0.05, 0.1) is 12.7 Å². The molecule has 0 aliphatic carbocycles. The summed E-state index contributed by atoms with van der Waals surface area (Å²) in [5.74, 6) is 0.885. The summed E-state index contributed by atoms with van der Waals surface area (Å²) >= 11 is 0. The first-order valence-corrected chi connectivity index (χ1v) is 7.73. The van der Waals surface area contributed by atoms with Gasteiger partial charge in [0.2, 0.25) is 0 Å². The molecule has 0 spiro atoms. The first-order chi connectivity index (χ1) is 11.1. The summed E-state index contributed by atoms with van der Waals surface area (Å²) in [4.78, 5) is 16.9. The highest BCUT2D eigenvalue weighted by Crippen LogP contribution is 2.20. The molecule has 0 bridgehead atoms. The Morgan fingerprint density at radius 2 is 2.13 bits per heavy atom. The van der Waals surface area contributed by atoms with Crippen molar-refractivity contribution in [2.75, 3.05) is 27.2 Å². The van der Waals surface area contributed by atoms with Crippen molar-refractivity contribution in [3.8, 4) is 5.75 Å². The third-order valence-corrected chi connectivity index (χ3v) is 4.13. The number of ether oxygens (including phenoxy) is 1. The molecule has 0 unspecified atom stereocenters. The molecule has 1 aromatic carbocycles. The minimum absolute atomic E-state index is 0.0705. The van der Waals surface area contributed by atoms with E-state index >= 15 is 0 Å². The number of hydrogen-bond donors (Lipinski definition) is 2. The fraction of sp³-hybridized carbons (Fsp3) is 0.412. The number of amides is 1. The fourth-order valence-electron chi connectivity index (χ4n) is 2.82. The molecule has 0 radical (unpaired) electrons. The molecule has 1 amide bonds. The highest BCUT2D eigenvalue weighted by Gasteiger charge is 2.36. The molecular weight excluding hydrogens is 292 g/mol. The van der Waals surface area contributed by atoms with Crippen molar-refractivity contribution in [1.29, 1.82) is 0 Å². The number of amidine groups is 1. The monoisotopic (exact) mass is 317 g/mol. The molecule has 4 N–H and O–H groups in total. The summed E-state index contributed by atoms with van der Waals surface area (Å²) in [7, 11) is 3.66. The van der Waals surface area contributed by atoms with Crippen molar-refractivity contribution in [3.63, 3.8) is 0 Å². The van der Waals surface area contributed by atoms with Gasteiger partial charge in [-0.05, 0) is 25.2 Å². The molecule has 0 atom stereocenters. The minimum atomic E-state index is -0.131. The van der Waals surface area contributed by atoms with Crippen LogP contribution in [0.1, 0.15) is 23.2 Å². The number of benzene rings is 1. The summed E-state index contributed by atoms with van der Waals surface area (Å²) < 4.78 is 5.20. The molecule has 6 heteroatoms. The van der Waals surface area contributed by atoms with E-state index in [1.54, 1.807) is 36.3 Å². The second-order valence-electron chi connectivity index (χ2n) is 5.73. The van der Waals surface area contributed by atoms with Crippen molar-refractivity contribution in [2.24, 2.45) is 5.73 Å². The maximum Gasteiger partial charge on any atom is 0.341 e. The number of likely N-dealkylation sites (tertiary alicyclic amines) is 1. The standard InChI is InChI=1S/C17H24N4O2/c1-20-10-7-14(8-11-20)21(16(19)6-9-18)17(22)13-4-3-5-15(12-13)23-2/h3-6,9,12,14,19H,7-8,10-11,18H2,1-2H3/p+1/b9-6-,19-16?. The van der Waals surface area contributed by atoms with Gasteiger partial charge >= 0.3 is 5.91 Å². The Kier molecular flexibility index (Phi) is 5.76. The SMILES string of the molecule is COc1cccc(C(=O)N(C(=[NH2+])/C=C\N)C2CCN(C)CC2)c1. The first kappa shape index (κ1) is 17.0. The largest absolute Gasteiger partial charge is 0.497 e. The van der Waals surface area contributed by atoms with Crippen LogP contribution >= 0.6 is 0 Å². The predicted octanol–water partition coefficient (Wildman–Crippen LogP) is -0.138. The van der Waals surface area contributed by atoms with E-state index in [0.29, 0.717) is 17.1 Å². The molecule has 0 saturated carbocycles. The van der Waals surface area contributed by atoms with Crippen LogP contribution in [0.25, 0.3) is 0 Å². The molecule has 2 rings (SSSR count). The molecule has 124 valence electrons. The third kappa shape index (κ3) is 4.10. The van der Waals surface area contributed by atoms with Crippen molar-refractivity contribution in [2.45, 2.75) is 18.9 Å². The Morgan fingerprint density at radius 1 is 1.43 bits per heavy atom. The van der Waals surface area contributed by atoms with Gasteiger partial charge in [-0.3, -0.25) is 5.41 Å². The number of rotatable bonds is 4. The summed E-state index contributed by atoms with van der Waals surface area (Å²) in [6.07, 6.45) is 4.68. The number of nitrogens with two attached hydrogens (primary N) is 2. The van der Waals surface area contributed by atoms with Gasteiger partial charge in [0.1, 0.15) is 11.8 Å². The van der Waals surface area contributed by atoms with Crippen LogP contribution in [-0.4, -0.2) is 54.8 Å². The van der Waals surface area contributed by atoms with Crippen LogP contribution < -0.4 is 15.9 Å². The van der Waals surface area contributed by atoms with Crippen LogP contribution in [0.15, 0.2) is 36.5 Å². The Hall–Kier alpha value is -2.34. The van der Waals surface area contributed by atoms with Crippen molar-refractivity contribution in [3.05, 3.63) is 42.1 Å². The van der Waals surface area contributed by atoms with E-state index in [4.69, 9.17) is 15.9 Å². The smallest absolute Gasteiger partial charge is 0.341 e. The quantitative estimate of drug-likeness (QED) is 0.598. The summed E-state index contributed by atoms with van der Waals surface area (Å²) in [6.45, 7) is 1.87. The van der Waals surface area contributed by atoms with Gasteiger partial charge in [-0.1, -0.05) is 6.07 Å². The lowest BCUT2D eigenvalue weighted by atomic mass is 10.0. The Morgan fingerprint density at radius 3 is 2.74 bits per heavy atom. The zero-order chi connectivity index (χ0) is 16.8. The number of nitrogens with zero attached hydrogens (tertiary/aromatic N) is 2. The van der Waals surface area contributed by atoms with Gasteiger partial charge in [0.15, 0.2) is 0 Å². The molecular formula is C17H25N4O2+. The van der Waals surface area contributed by atoms with Crippen molar-refractivity contribution >= 4 is 11.7 Å². The zero-order valence-corrected chi connectivity index (χ0v) is 13.7. The maximum atomic E-state index is 13.0. The highest BCUT2D eigenvalue weighted by atomic mass is 16.5. The van der Waals surface area contributed by atoms with Crippen LogP contribution in [0, 0.1) is 0 Å². The number of methoxy groups -OCH3 is 1. The van der Waals surface area contributed by atoms with Crippen LogP contribution in [0.5, 0.6) is 5.75 Å². The number of piperidine rings is 1. The van der Waals surface area contributed by atoms with Gasteiger partial charge in [-0.2, -0.15) is 4.90 Å². The fourth-order valence-corrected chi connectivity index (χ4v) is 2.82. The van der Waals surface area contributed by atoms with Crippen molar-refractivity contribution in [1.82, 2.24) is 9.80 Å². The van der Waals surface area contributed by atoms with Crippen LogP contribution in [-0.2, 0) is 0 Å². The summed E-state index contributed by atoms with van der Waals surface area (Å²) in [5, 5.41) is 6.11. The molecule has 6 nitrogen and oxygen atoms in total. The number of carbonyl (C=O) groups is 1. The molecule has 1 heterocycles. The average molecular weight is 317 g/mol. The zero-order valence-electron chi connectivity index (χ0n) is 13.7. The average Bonchev–Trinajstić information content (AvgIpc) is 2.57. The molecule has 1 fully saturated rings. The van der Waals surface area contributed by atoms with Gasteiger partial charge in [0, 0.05) is 38.2 Å². The molecule has 0 aromatic heterocycles. The predicted molar refractivity (Wildman–Crippen MR) is 89.9 cm³/mol. The van der Waals surface area contributed by atoms with E-state index in [1.165, 1.54) is 6.20 Å². The minimum Gasteiger partial charge on any atom is -0.497 e. The van der Waals surface area contributed by atoms with Crippen LogP contribution in [0.4, 0.5) is 0 Å². The van der Waals surface area contributed by atoms with Gasteiger partial charge in [-0.25, -0.2) is 4.79 Å². The lowest BCUT2D eigenvalue weighted by Crippen LogP contribution is -2.58. The van der Waals surface area contributed by atoms with E-state index in [1.807, 2.05) is 6.07 Å². The lowest BCUT2D eigenvalue weighted by Gasteiger charge is -2.32. The molecule has 1 aliphatic heterocycles. The summed E-state index contributed by atoms with van der Waals surface area (Å²) in [5.41, 5.74) is 6.01. The molecule has 1 aromatic rings. The van der Waals surface area contributed by atoms with Crippen LogP contribution in [0.2, 0.25) is 0 Å². The third-order valence-electron chi connectivity index (χ3n) is 4.13. The highest BCUT2D eigenvalue weighted by molar-refractivity contribution is 6.08. The van der Waals surface area contributed by atoms with E-state index in [2.05, 4.69) is 11.9 Å². The van der Waals surface area contributed by atoms with E-state index < -0.39 is 0 Å². The van der Waals surface area contributed by atoms with Gasteiger partial charge in [0.25, 0.3) is 5.84 Å². The lowest BCUT2D eigenvalue weighted by molar-refractivity contribution is -0.126.